The molecular formula is C39H44FN3O5S. The third-order valence-electron chi connectivity index (χ3n) is 8.94. The van der Waals surface area contributed by atoms with Crippen LogP contribution >= 0.6 is 0 Å². The lowest BCUT2D eigenvalue weighted by Crippen LogP contribution is -2.55. The first kappa shape index (κ1) is 35.6. The number of nitrogens with zero attached hydrogens (tertiary/aromatic N) is 2. The summed E-state index contributed by atoms with van der Waals surface area (Å²) in [5, 5.41) is 3.22. The highest BCUT2D eigenvalue weighted by molar-refractivity contribution is 7.92. The van der Waals surface area contributed by atoms with Crippen molar-refractivity contribution in [3.05, 3.63) is 126 Å². The molecule has 1 aliphatic carbocycles. The molecule has 0 spiro atoms. The van der Waals surface area contributed by atoms with Gasteiger partial charge in [-0.2, -0.15) is 0 Å². The lowest BCUT2D eigenvalue weighted by atomic mass is 9.94. The smallest absolute Gasteiger partial charge is 0.264 e. The van der Waals surface area contributed by atoms with Crippen LogP contribution in [0.2, 0.25) is 0 Å². The van der Waals surface area contributed by atoms with Gasteiger partial charge >= 0.3 is 0 Å². The summed E-state index contributed by atoms with van der Waals surface area (Å²) in [6, 6.07) is 27.1. The third-order valence-corrected chi connectivity index (χ3v) is 10.7. The van der Waals surface area contributed by atoms with Crippen molar-refractivity contribution in [1.82, 2.24) is 10.2 Å². The molecule has 2 amide bonds. The third kappa shape index (κ3) is 9.26. The summed E-state index contributed by atoms with van der Waals surface area (Å²) >= 11 is 0. The predicted octanol–water partition coefficient (Wildman–Crippen LogP) is 6.82. The van der Waals surface area contributed by atoms with E-state index in [-0.39, 0.29) is 35.5 Å². The van der Waals surface area contributed by atoms with Gasteiger partial charge in [0.1, 0.15) is 24.2 Å². The fraction of sp³-hybridized carbons (Fsp3) is 0.333. The van der Waals surface area contributed by atoms with Crippen LogP contribution in [0, 0.1) is 12.7 Å². The molecule has 49 heavy (non-hydrogen) atoms. The molecule has 258 valence electrons. The first-order chi connectivity index (χ1) is 23.7. The Bertz CT molecular complexity index is 1790. The monoisotopic (exact) mass is 685 g/mol. The van der Waals surface area contributed by atoms with E-state index in [4.69, 9.17) is 4.74 Å². The maximum Gasteiger partial charge on any atom is 0.264 e. The van der Waals surface area contributed by atoms with Gasteiger partial charge in [0, 0.05) is 19.0 Å². The van der Waals surface area contributed by atoms with Crippen LogP contribution in [-0.4, -0.2) is 50.4 Å². The Balaban J connectivity index is 1.56. The van der Waals surface area contributed by atoms with Gasteiger partial charge in [-0.3, -0.25) is 13.9 Å². The van der Waals surface area contributed by atoms with Crippen molar-refractivity contribution < 1.29 is 27.1 Å². The summed E-state index contributed by atoms with van der Waals surface area (Å²) in [6.45, 7) is 3.65. The zero-order chi connectivity index (χ0) is 34.8. The number of anilines is 1. The fourth-order valence-electron chi connectivity index (χ4n) is 6.21. The lowest BCUT2D eigenvalue weighted by Gasteiger charge is -2.35. The van der Waals surface area contributed by atoms with Crippen LogP contribution in [0.3, 0.4) is 0 Å². The molecule has 0 aromatic heterocycles. The van der Waals surface area contributed by atoms with E-state index in [1.165, 1.54) is 29.2 Å². The average Bonchev–Trinajstić information content (AvgIpc) is 3.11. The number of carbonyl (C=O) groups excluding carboxylic acids is 2. The summed E-state index contributed by atoms with van der Waals surface area (Å²) in [5.41, 5.74) is 2.75. The quantitative estimate of drug-likeness (QED) is 0.157. The minimum Gasteiger partial charge on any atom is -0.494 e. The van der Waals surface area contributed by atoms with Crippen LogP contribution in [0.1, 0.15) is 55.7 Å². The topological polar surface area (TPSA) is 96.0 Å². The zero-order valence-electron chi connectivity index (χ0n) is 28.1. The van der Waals surface area contributed by atoms with Gasteiger partial charge in [0.25, 0.3) is 10.0 Å². The van der Waals surface area contributed by atoms with Crippen LogP contribution < -0.4 is 14.4 Å². The molecule has 1 aliphatic rings. The fourth-order valence-corrected chi connectivity index (χ4v) is 7.62. The van der Waals surface area contributed by atoms with E-state index in [1.807, 2.05) is 68.4 Å². The number of benzene rings is 4. The Morgan fingerprint density at radius 3 is 2.18 bits per heavy atom. The van der Waals surface area contributed by atoms with Crippen molar-refractivity contribution >= 4 is 27.5 Å². The maximum absolute atomic E-state index is 14.7. The van der Waals surface area contributed by atoms with Crippen molar-refractivity contribution in [1.29, 1.82) is 0 Å². The molecule has 5 rings (SSSR count). The van der Waals surface area contributed by atoms with Crippen LogP contribution in [-0.2, 0) is 32.6 Å². The molecule has 1 fully saturated rings. The first-order valence-electron chi connectivity index (χ1n) is 16.8. The highest BCUT2D eigenvalue weighted by Crippen LogP contribution is 2.27. The van der Waals surface area contributed by atoms with Crippen LogP contribution in [0.5, 0.6) is 5.75 Å². The van der Waals surface area contributed by atoms with Gasteiger partial charge in [0.2, 0.25) is 11.8 Å². The van der Waals surface area contributed by atoms with Gasteiger partial charge in [0.15, 0.2) is 0 Å². The van der Waals surface area contributed by atoms with Crippen molar-refractivity contribution in [2.75, 3.05) is 17.5 Å². The minimum atomic E-state index is -4.33. The number of aryl methyl sites for hydroxylation is 1. The van der Waals surface area contributed by atoms with E-state index >= 15 is 0 Å². The highest BCUT2D eigenvalue weighted by atomic mass is 32.2. The summed E-state index contributed by atoms with van der Waals surface area (Å²) in [5.74, 6) is -0.887. The highest BCUT2D eigenvalue weighted by Gasteiger charge is 2.35. The van der Waals surface area contributed by atoms with Gasteiger partial charge in [0.05, 0.1) is 17.2 Å². The Morgan fingerprint density at radius 2 is 1.53 bits per heavy atom. The number of hydrogen-bond donors (Lipinski definition) is 1. The molecular weight excluding hydrogens is 642 g/mol. The van der Waals surface area contributed by atoms with Crippen molar-refractivity contribution in [3.63, 3.8) is 0 Å². The van der Waals surface area contributed by atoms with Crippen molar-refractivity contribution in [2.45, 2.75) is 75.9 Å². The predicted molar refractivity (Wildman–Crippen MR) is 189 cm³/mol. The largest absolute Gasteiger partial charge is 0.494 e. The molecule has 10 heteroatoms. The molecule has 0 unspecified atom stereocenters. The molecule has 4 aromatic rings. The molecule has 4 aromatic carbocycles. The zero-order valence-corrected chi connectivity index (χ0v) is 28.9. The molecule has 0 aliphatic heterocycles. The summed E-state index contributed by atoms with van der Waals surface area (Å²) in [4.78, 5) is 30.4. The van der Waals surface area contributed by atoms with Crippen LogP contribution in [0.25, 0.3) is 0 Å². The Kier molecular flexibility index (Phi) is 12.1. The molecule has 0 heterocycles. The van der Waals surface area contributed by atoms with E-state index in [1.54, 1.807) is 12.1 Å². The molecule has 0 radical (unpaired) electrons. The molecule has 1 N–H and O–H groups in total. The summed E-state index contributed by atoms with van der Waals surface area (Å²) in [6.07, 6.45) is 5.15. The van der Waals surface area contributed by atoms with E-state index in [9.17, 15) is 22.4 Å². The van der Waals surface area contributed by atoms with Crippen molar-refractivity contribution in [2.24, 2.45) is 0 Å². The number of nitrogens with one attached hydrogen (secondary N) is 1. The second kappa shape index (κ2) is 16.6. The van der Waals surface area contributed by atoms with E-state index in [0.29, 0.717) is 12.4 Å². The Labute approximate surface area is 289 Å². The number of amides is 2. The maximum atomic E-state index is 14.7. The Morgan fingerprint density at radius 1 is 0.878 bits per heavy atom. The SMILES string of the molecule is CCOc1ccc(S(=O)(=O)N(CC(=O)N(Cc2ccccc2C)[C@H](Cc2ccccc2)C(=O)NC2CCCCC2)c2ccc(F)cc2)cc1. The van der Waals surface area contributed by atoms with E-state index in [2.05, 4.69) is 5.32 Å². The number of ether oxygens (including phenoxy) is 1. The lowest BCUT2D eigenvalue weighted by molar-refractivity contribution is -0.140. The minimum absolute atomic E-state index is 0.00527. The molecule has 1 saturated carbocycles. The van der Waals surface area contributed by atoms with E-state index < -0.39 is 34.3 Å². The van der Waals surface area contributed by atoms with Crippen molar-refractivity contribution in [3.8, 4) is 5.75 Å². The Hall–Kier alpha value is -4.70. The van der Waals surface area contributed by atoms with Gasteiger partial charge in [-0.05, 0) is 91.9 Å². The molecule has 0 bridgehead atoms. The molecule has 0 saturated heterocycles. The second-order valence-corrected chi connectivity index (χ2v) is 14.3. The average molecular weight is 686 g/mol. The van der Waals surface area contributed by atoms with Crippen LogP contribution in [0.15, 0.2) is 108 Å². The van der Waals surface area contributed by atoms with E-state index in [0.717, 1.165) is 65.2 Å². The number of carbonyl (C=O) groups is 2. The summed E-state index contributed by atoms with van der Waals surface area (Å²) in [7, 11) is -4.33. The number of hydrogen-bond acceptors (Lipinski definition) is 5. The number of halogens is 1. The van der Waals surface area contributed by atoms with Gasteiger partial charge in [-0.25, -0.2) is 12.8 Å². The van der Waals surface area contributed by atoms with Gasteiger partial charge < -0.3 is 15.0 Å². The number of sulfonamides is 1. The number of rotatable bonds is 14. The summed E-state index contributed by atoms with van der Waals surface area (Å²) < 4.78 is 49.0. The van der Waals surface area contributed by atoms with Crippen LogP contribution in [0.4, 0.5) is 10.1 Å². The standard InChI is InChI=1S/C39H44FN3O5S/c1-3-48-35-22-24-36(25-23-35)49(46,47)43(34-20-18-32(40)19-21-34)28-38(44)42(27-31-15-11-10-12-29(31)2)37(26-30-13-6-4-7-14-30)39(45)41-33-16-8-5-9-17-33/h4,6-7,10-15,18-25,33,37H,3,5,8-9,16-17,26-28H2,1-2H3,(H,41,45)/t37-/m1/s1. The molecule has 8 nitrogen and oxygen atoms in total. The first-order valence-corrected chi connectivity index (χ1v) is 18.3. The molecule has 1 atom stereocenters. The van der Waals surface area contributed by atoms with Gasteiger partial charge in [-0.1, -0.05) is 73.9 Å². The van der Waals surface area contributed by atoms with Gasteiger partial charge in [-0.15, -0.1) is 0 Å². The second-order valence-electron chi connectivity index (χ2n) is 12.4. The normalized spacial score (nSPS) is 14.1.